The number of hydrogen-bond donors (Lipinski definition) is 1. The number of ether oxygens (including phenoxy) is 1. The molecule has 0 aliphatic carbocycles. The van der Waals surface area contributed by atoms with E-state index in [1.807, 2.05) is 19.2 Å². The topological polar surface area (TPSA) is 21.3 Å². The normalized spacial score (nSPS) is 12.6. The molecule has 0 radical (unpaired) electrons. The van der Waals surface area contributed by atoms with Crippen molar-refractivity contribution in [2.75, 3.05) is 20.7 Å². The number of aryl methyl sites for hydroxylation is 1. The van der Waals surface area contributed by atoms with E-state index in [4.69, 9.17) is 16.3 Å². The second-order valence-corrected chi connectivity index (χ2v) is 4.41. The fourth-order valence-corrected chi connectivity index (χ4v) is 2.24. The molecule has 0 bridgehead atoms. The van der Waals surface area contributed by atoms with Crippen LogP contribution in [0.5, 0.6) is 5.75 Å². The molecule has 0 saturated heterocycles. The first-order valence-corrected chi connectivity index (χ1v) is 6.00. The van der Waals surface area contributed by atoms with E-state index in [0.717, 1.165) is 18.7 Å². The van der Waals surface area contributed by atoms with E-state index in [1.165, 1.54) is 11.1 Å². The van der Waals surface area contributed by atoms with Gasteiger partial charge in [-0.3, -0.25) is 0 Å². The van der Waals surface area contributed by atoms with Gasteiger partial charge in [-0.05, 0) is 49.6 Å². The van der Waals surface area contributed by atoms with Gasteiger partial charge in [-0.2, -0.15) is 0 Å². The molecule has 90 valence electrons. The Balaban J connectivity index is 3.08. The lowest BCUT2D eigenvalue weighted by Crippen LogP contribution is -2.17. The summed E-state index contributed by atoms with van der Waals surface area (Å²) in [7, 11) is 3.62. The molecule has 16 heavy (non-hydrogen) atoms. The van der Waals surface area contributed by atoms with Crippen LogP contribution in [0.3, 0.4) is 0 Å². The van der Waals surface area contributed by atoms with Gasteiger partial charge in [0.05, 0.1) is 12.1 Å². The second-order valence-electron chi connectivity index (χ2n) is 4.01. The van der Waals surface area contributed by atoms with Crippen LogP contribution in [-0.2, 0) is 0 Å². The molecule has 1 aromatic carbocycles. The molecule has 0 spiro atoms. The van der Waals surface area contributed by atoms with Crippen molar-refractivity contribution in [3.63, 3.8) is 0 Å². The average Bonchev–Trinajstić information content (AvgIpc) is 2.28. The molecule has 0 aromatic heterocycles. The maximum Gasteiger partial charge on any atom is 0.137 e. The number of hydrogen-bond acceptors (Lipinski definition) is 2. The van der Waals surface area contributed by atoms with Crippen molar-refractivity contribution in [3.05, 3.63) is 28.3 Å². The van der Waals surface area contributed by atoms with Crippen LogP contribution in [0, 0.1) is 6.92 Å². The minimum absolute atomic E-state index is 0.508. The molecule has 1 aromatic rings. The van der Waals surface area contributed by atoms with Gasteiger partial charge in [0.25, 0.3) is 0 Å². The van der Waals surface area contributed by atoms with Gasteiger partial charge in [-0.25, -0.2) is 0 Å². The summed E-state index contributed by atoms with van der Waals surface area (Å²) in [6.45, 7) is 5.27. The predicted octanol–water partition coefficient (Wildman–Crippen LogP) is 3.37. The van der Waals surface area contributed by atoms with E-state index in [-0.39, 0.29) is 0 Å². The highest BCUT2D eigenvalue weighted by Gasteiger charge is 2.14. The van der Waals surface area contributed by atoms with Crippen molar-refractivity contribution in [1.82, 2.24) is 5.32 Å². The number of likely N-dealkylation sites (N-methyl/N-ethyl adjacent to an activating group) is 1. The summed E-state index contributed by atoms with van der Waals surface area (Å²) in [5.74, 6) is 1.26. The van der Waals surface area contributed by atoms with Crippen molar-refractivity contribution in [3.8, 4) is 5.75 Å². The molecule has 0 aliphatic heterocycles. The molecule has 1 rings (SSSR count). The zero-order valence-corrected chi connectivity index (χ0v) is 11.2. The van der Waals surface area contributed by atoms with Gasteiger partial charge in [-0.1, -0.05) is 18.5 Å². The minimum Gasteiger partial charge on any atom is -0.495 e. The van der Waals surface area contributed by atoms with Gasteiger partial charge in [0.1, 0.15) is 5.75 Å². The Morgan fingerprint density at radius 1 is 1.44 bits per heavy atom. The second kappa shape index (κ2) is 6.12. The van der Waals surface area contributed by atoms with Gasteiger partial charge in [0.15, 0.2) is 0 Å². The van der Waals surface area contributed by atoms with Crippen molar-refractivity contribution in [1.29, 1.82) is 0 Å². The molecule has 0 saturated carbocycles. The van der Waals surface area contributed by atoms with Crippen LogP contribution in [0.4, 0.5) is 0 Å². The summed E-state index contributed by atoms with van der Waals surface area (Å²) >= 11 is 6.16. The van der Waals surface area contributed by atoms with Crippen LogP contribution in [-0.4, -0.2) is 20.7 Å². The van der Waals surface area contributed by atoms with E-state index in [2.05, 4.69) is 19.2 Å². The van der Waals surface area contributed by atoms with E-state index < -0.39 is 0 Å². The summed E-state index contributed by atoms with van der Waals surface area (Å²) in [6.07, 6.45) is 1.10. The third kappa shape index (κ3) is 2.89. The number of nitrogens with one attached hydrogen (secondary N) is 1. The van der Waals surface area contributed by atoms with Gasteiger partial charge < -0.3 is 10.1 Å². The van der Waals surface area contributed by atoms with Crippen LogP contribution >= 0.6 is 11.6 Å². The number of halogens is 1. The lowest BCUT2D eigenvalue weighted by atomic mass is 9.92. The largest absolute Gasteiger partial charge is 0.495 e. The van der Waals surface area contributed by atoms with E-state index in [9.17, 15) is 0 Å². The fraction of sp³-hybridized carbons (Fsp3) is 0.538. The minimum atomic E-state index is 0.508. The first-order valence-electron chi connectivity index (χ1n) is 5.62. The molecule has 3 heteroatoms. The molecule has 0 amide bonds. The Labute approximate surface area is 103 Å². The Morgan fingerprint density at radius 3 is 2.62 bits per heavy atom. The summed E-state index contributed by atoms with van der Waals surface area (Å²) in [5.41, 5.74) is 2.55. The molecular formula is C13H20ClNO. The third-order valence-electron chi connectivity index (χ3n) is 2.92. The highest BCUT2D eigenvalue weighted by Crippen LogP contribution is 2.32. The first kappa shape index (κ1) is 13.3. The Kier molecular flexibility index (Phi) is 5.10. The number of benzene rings is 1. The summed E-state index contributed by atoms with van der Waals surface area (Å²) in [5, 5.41) is 3.91. The molecule has 0 heterocycles. The van der Waals surface area contributed by atoms with Crippen molar-refractivity contribution in [2.45, 2.75) is 26.2 Å². The van der Waals surface area contributed by atoms with Gasteiger partial charge >= 0.3 is 0 Å². The molecule has 0 aliphatic rings. The van der Waals surface area contributed by atoms with E-state index in [1.54, 1.807) is 7.11 Å². The zero-order chi connectivity index (χ0) is 12.1. The Morgan fingerprint density at radius 2 is 2.12 bits per heavy atom. The first-order chi connectivity index (χ1) is 7.63. The highest BCUT2D eigenvalue weighted by molar-refractivity contribution is 6.32. The average molecular weight is 242 g/mol. The molecule has 0 fully saturated rings. The third-order valence-corrected chi connectivity index (χ3v) is 3.22. The Bertz CT molecular complexity index is 352. The monoisotopic (exact) mass is 241 g/mol. The molecule has 2 nitrogen and oxygen atoms in total. The van der Waals surface area contributed by atoms with Crippen LogP contribution in [0.15, 0.2) is 12.1 Å². The van der Waals surface area contributed by atoms with Crippen LogP contribution in [0.25, 0.3) is 0 Å². The Hall–Kier alpha value is -0.730. The quantitative estimate of drug-likeness (QED) is 0.854. The molecule has 1 atom stereocenters. The lowest BCUT2D eigenvalue weighted by Gasteiger charge is -2.18. The van der Waals surface area contributed by atoms with E-state index >= 15 is 0 Å². The summed E-state index contributed by atoms with van der Waals surface area (Å²) in [6, 6.07) is 4.04. The van der Waals surface area contributed by atoms with Crippen molar-refractivity contribution in [2.24, 2.45) is 0 Å². The molecule has 1 unspecified atom stereocenters. The molecule has 1 N–H and O–H groups in total. The highest BCUT2D eigenvalue weighted by atomic mass is 35.5. The van der Waals surface area contributed by atoms with Gasteiger partial charge in [-0.15, -0.1) is 0 Å². The zero-order valence-electron chi connectivity index (χ0n) is 10.4. The van der Waals surface area contributed by atoms with Crippen LogP contribution in [0.2, 0.25) is 5.02 Å². The summed E-state index contributed by atoms with van der Waals surface area (Å²) in [4.78, 5) is 0. The van der Waals surface area contributed by atoms with Crippen LogP contribution < -0.4 is 10.1 Å². The maximum atomic E-state index is 6.16. The lowest BCUT2D eigenvalue weighted by molar-refractivity contribution is 0.414. The number of methoxy groups -OCH3 is 1. The van der Waals surface area contributed by atoms with E-state index in [0.29, 0.717) is 10.9 Å². The standard InChI is InChI=1S/C13H20ClNO/c1-5-10(8-15-3)11-7-12(14)13(16-4)6-9(11)2/h6-7,10,15H,5,8H2,1-4H3. The van der Waals surface area contributed by atoms with Crippen molar-refractivity contribution < 1.29 is 4.74 Å². The van der Waals surface area contributed by atoms with Crippen molar-refractivity contribution >= 4 is 11.6 Å². The number of rotatable bonds is 5. The van der Waals surface area contributed by atoms with Gasteiger partial charge in [0, 0.05) is 6.54 Å². The smallest absolute Gasteiger partial charge is 0.137 e. The fourth-order valence-electron chi connectivity index (χ4n) is 1.99. The maximum absolute atomic E-state index is 6.16. The SMILES string of the molecule is CCC(CNC)c1cc(Cl)c(OC)cc1C. The predicted molar refractivity (Wildman–Crippen MR) is 69.7 cm³/mol. The van der Waals surface area contributed by atoms with Gasteiger partial charge in [0.2, 0.25) is 0 Å². The molecular weight excluding hydrogens is 222 g/mol. The summed E-state index contributed by atoms with van der Waals surface area (Å²) < 4.78 is 5.21. The van der Waals surface area contributed by atoms with Crippen LogP contribution in [0.1, 0.15) is 30.4 Å².